The molecule has 0 atom stereocenters. The number of aryl methyl sites for hydroxylation is 2. The van der Waals surface area contributed by atoms with Crippen LogP contribution in [0.5, 0.6) is 5.75 Å². The molecule has 0 saturated carbocycles. The lowest BCUT2D eigenvalue weighted by molar-refractivity contribution is 0.417. The van der Waals surface area contributed by atoms with Crippen LogP contribution in [0.4, 0.5) is 5.69 Å². The van der Waals surface area contributed by atoms with Crippen molar-refractivity contribution in [1.29, 1.82) is 0 Å². The predicted molar refractivity (Wildman–Crippen MR) is 90.3 cm³/mol. The fourth-order valence-electron chi connectivity index (χ4n) is 1.81. The second kappa shape index (κ2) is 6.16. The van der Waals surface area contributed by atoms with Crippen LogP contribution in [-0.2, 0) is 10.0 Å². The van der Waals surface area contributed by atoms with Gasteiger partial charge in [0, 0.05) is 16.0 Å². The summed E-state index contributed by atoms with van der Waals surface area (Å²) in [5.41, 5.74) is 1.12. The van der Waals surface area contributed by atoms with Crippen molar-refractivity contribution in [1.82, 2.24) is 0 Å². The molecule has 1 aromatic carbocycles. The summed E-state index contributed by atoms with van der Waals surface area (Å²) in [5.74, 6) is 0.376. The summed E-state index contributed by atoms with van der Waals surface area (Å²) in [6, 6.07) is 4.82. The van der Waals surface area contributed by atoms with Gasteiger partial charge >= 0.3 is 0 Å². The first-order valence-corrected chi connectivity index (χ1v) is 9.34. The molecule has 1 aromatic heterocycles. The van der Waals surface area contributed by atoms with Crippen molar-refractivity contribution in [3.8, 4) is 5.75 Å². The molecule has 0 bridgehead atoms. The number of thiophene rings is 1. The SMILES string of the molecule is COc1cc(Cl)c(C)cc1NS(=O)(=O)c1cc(Br)sc1C. The van der Waals surface area contributed by atoms with Gasteiger partial charge in [-0.1, -0.05) is 11.6 Å². The number of anilines is 1. The molecule has 0 aliphatic carbocycles. The van der Waals surface area contributed by atoms with Gasteiger partial charge in [-0.3, -0.25) is 4.72 Å². The molecule has 114 valence electrons. The number of hydrogen-bond donors (Lipinski definition) is 1. The van der Waals surface area contributed by atoms with E-state index in [4.69, 9.17) is 16.3 Å². The lowest BCUT2D eigenvalue weighted by atomic mass is 10.2. The average Bonchev–Trinajstić information content (AvgIpc) is 2.73. The molecule has 1 N–H and O–H groups in total. The van der Waals surface area contributed by atoms with Gasteiger partial charge in [0.1, 0.15) is 10.6 Å². The number of hydrogen-bond acceptors (Lipinski definition) is 4. The van der Waals surface area contributed by atoms with Gasteiger partial charge in [0.15, 0.2) is 0 Å². The van der Waals surface area contributed by atoms with Crippen LogP contribution in [0, 0.1) is 13.8 Å². The van der Waals surface area contributed by atoms with Crippen molar-refractivity contribution >= 4 is 54.6 Å². The zero-order valence-electron chi connectivity index (χ0n) is 11.5. The van der Waals surface area contributed by atoms with Gasteiger partial charge in [-0.2, -0.15) is 0 Å². The van der Waals surface area contributed by atoms with Crippen molar-refractivity contribution in [2.75, 3.05) is 11.8 Å². The van der Waals surface area contributed by atoms with Crippen molar-refractivity contribution in [3.05, 3.63) is 37.4 Å². The molecule has 2 aromatic rings. The van der Waals surface area contributed by atoms with Gasteiger partial charge in [0.2, 0.25) is 0 Å². The average molecular weight is 411 g/mol. The highest BCUT2D eigenvalue weighted by Crippen LogP contribution is 2.35. The number of rotatable bonds is 4. The van der Waals surface area contributed by atoms with E-state index in [1.807, 2.05) is 0 Å². The molecule has 21 heavy (non-hydrogen) atoms. The molecule has 4 nitrogen and oxygen atoms in total. The molecular weight excluding hydrogens is 398 g/mol. The van der Waals surface area contributed by atoms with Crippen molar-refractivity contribution in [3.63, 3.8) is 0 Å². The lowest BCUT2D eigenvalue weighted by Gasteiger charge is -2.13. The minimum Gasteiger partial charge on any atom is -0.495 e. The molecular formula is C13H13BrClNO3S2. The second-order valence-corrected chi connectivity index (χ2v) is 9.07. The van der Waals surface area contributed by atoms with E-state index >= 15 is 0 Å². The highest BCUT2D eigenvalue weighted by atomic mass is 79.9. The van der Waals surface area contributed by atoms with Crippen molar-refractivity contribution in [2.24, 2.45) is 0 Å². The summed E-state index contributed by atoms with van der Waals surface area (Å²) < 4.78 is 33.5. The van der Waals surface area contributed by atoms with Crippen molar-refractivity contribution < 1.29 is 13.2 Å². The van der Waals surface area contributed by atoms with E-state index in [1.54, 1.807) is 32.0 Å². The van der Waals surface area contributed by atoms with Crippen LogP contribution in [-0.4, -0.2) is 15.5 Å². The van der Waals surface area contributed by atoms with Gasteiger partial charge in [-0.15, -0.1) is 11.3 Å². The number of sulfonamides is 1. The smallest absolute Gasteiger partial charge is 0.263 e. The largest absolute Gasteiger partial charge is 0.495 e. The number of benzene rings is 1. The van der Waals surface area contributed by atoms with Gasteiger partial charge in [-0.25, -0.2) is 8.42 Å². The molecule has 0 unspecified atom stereocenters. The van der Waals surface area contributed by atoms with Gasteiger partial charge < -0.3 is 4.74 Å². The summed E-state index contributed by atoms with van der Waals surface area (Å²) >= 11 is 10.7. The molecule has 8 heteroatoms. The van der Waals surface area contributed by atoms with E-state index in [0.29, 0.717) is 21.3 Å². The topological polar surface area (TPSA) is 55.4 Å². The molecule has 0 aliphatic heterocycles. The Hall–Kier alpha value is -0.760. The third-order valence-electron chi connectivity index (χ3n) is 2.86. The van der Waals surface area contributed by atoms with Crippen LogP contribution >= 0.6 is 38.9 Å². The number of halogens is 2. The molecule has 0 fully saturated rings. The fraction of sp³-hybridized carbons (Fsp3) is 0.231. The minimum absolute atomic E-state index is 0.244. The Balaban J connectivity index is 2.46. The first kappa shape index (κ1) is 16.6. The van der Waals surface area contributed by atoms with Crippen LogP contribution in [0.3, 0.4) is 0 Å². The maximum absolute atomic E-state index is 12.5. The predicted octanol–water partition coefficient (Wildman–Crippen LogP) is 4.59. The zero-order chi connectivity index (χ0) is 15.8. The summed E-state index contributed by atoms with van der Waals surface area (Å²) in [6.45, 7) is 3.56. The van der Waals surface area contributed by atoms with Crippen molar-refractivity contribution in [2.45, 2.75) is 18.7 Å². The van der Waals surface area contributed by atoms with Crippen LogP contribution in [0.2, 0.25) is 5.02 Å². The Morgan fingerprint density at radius 1 is 1.29 bits per heavy atom. The first-order chi connectivity index (χ1) is 9.74. The van der Waals surface area contributed by atoms with Gasteiger partial charge in [0.25, 0.3) is 10.0 Å². The Morgan fingerprint density at radius 3 is 2.48 bits per heavy atom. The molecule has 0 saturated heterocycles. The maximum Gasteiger partial charge on any atom is 0.263 e. The Bertz CT molecular complexity index is 787. The van der Waals surface area contributed by atoms with Crippen LogP contribution < -0.4 is 9.46 Å². The lowest BCUT2D eigenvalue weighted by Crippen LogP contribution is -2.14. The van der Waals surface area contributed by atoms with E-state index < -0.39 is 10.0 Å². The monoisotopic (exact) mass is 409 g/mol. The fourth-order valence-corrected chi connectivity index (χ4v) is 5.44. The Morgan fingerprint density at radius 2 is 1.95 bits per heavy atom. The zero-order valence-corrected chi connectivity index (χ0v) is 15.5. The van der Waals surface area contributed by atoms with Crippen LogP contribution in [0.25, 0.3) is 0 Å². The summed E-state index contributed by atoms with van der Waals surface area (Å²) in [7, 11) is -2.21. The maximum atomic E-state index is 12.5. The van der Waals surface area contributed by atoms with E-state index in [9.17, 15) is 8.42 Å². The minimum atomic E-state index is -3.68. The molecule has 0 radical (unpaired) electrons. The normalized spacial score (nSPS) is 11.5. The molecule has 0 amide bonds. The van der Waals surface area contributed by atoms with E-state index in [2.05, 4.69) is 20.7 Å². The Labute approximate surface area is 141 Å². The summed E-state index contributed by atoms with van der Waals surface area (Å²) in [4.78, 5) is 0.952. The summed E-state index contributed by atoms with van der Waals surface area (Å²) in [6.07, 6.45) is 0. The highest BCUT2D eigenvalue weighted by molar-refractivity contribution is 9.11. The van der Waals surface area contributed by atoms with Crippen LogP contribution in [0.1, 0.15) is 10.4 Å². The van der Waals surface area contributed by atoms with Crippen LogP contribution in [0.15, 0.2) is 26.9 Å². The number of nitrogens with one attached hydrogen (secondary N) is 1. The number of ether oxygens (including phenoxy) is 1. The molecule has 2 rings (SSSR count). The first-order valence-electron chi connectivity index (χ1n) is 5.87. The summed E-state index contributed by atoms with van der Waals surface area (Å²) in [5, 5.41) is 0.518. The standard InChI is InChI=1S/C13H13BrClNO3S2/c1-7-4-10(11(19-3)5-9(7)15)16-21(17,18)12-6-13(14)20-8(12)2/h4-6,16H,1-3H3. The molecule has 1 heterocycles. The second-order valence-electron chi connectivity index (χ2n) is 4.38. The number of methoxy groups -OCH3 is 1. The van der Waals surface area contributed by atoms with E-state index in [1.165, 1.54) is 18.4 Å². The highest BCUT2D eigenvalue weighted by Gasteiger charge is 2.21. The van der Waals surface area contributed by atoms with Gasteiger partial charge in [0.05, 0.1) is 16.6 Å². The molecule has 0 spiro atoms. The van der Waals surface area contributed by atoms with E-state index in [-0.39, 0.29) is 4.90 Å². The van der Waals surface area contributed by atoms with Gasteiger partial charge in [-0.05, 0) is 47.5 Å². The van der Waals surface area contributed by atoms with E-state index in [0.717, 1.165) is 9.35 Å². The quantitative estimate of drug-likeness (QED) is 0.802. The Kier molecular flexibility index (Phi) is 4.87. The third kappa shape index (κ3) is 3.53. The third-order valence-corrected chi connectivity index (χ3v) is 6.44. The molecule has 0 aliphatic rings.